The van der Waals surface area contributed by atoms with Crippen LogP contribution in [0.25, 0.3) is 10.4 Å². The molecular formula is C7H9N5O3. The fourth-order valence-electron chi connectivity index (χ4n) is 0.940. The zero-order chi connectivity index (χ0) is 11.3. The van der Waals surface area contributed by atoms with E-state index in [0.717, 1.165) is 0 Å². The summed E-state index contributed by atoms with van der Waals surface area (Å²) < 4.78 is 4.78. The van der Waals surface area contributed by atoms with Gasteiger partial charge >= 0.3 is 5.97 Å². The molecule has 1 atom stereocenters. The van der Waals surface area contributed by atoms with Gasteiger partial charge in [0.25, 0.3) is 0 Å². The lowest BCUT2D eigenvalue weighted by Gasteiger charge is -2.00. The molecule has 80 valence electrons. The lowest BCUT2D eigenvalue weighted by Crippen LogP contribution is -2.32. The number of hydrogen-bond donors (Lipinski definition) is 2. The molecule has 0 unspecified atom stereocenters. The van der Waals surface area contributed by atoms with Crippen LogP contribution >= 0.6 is 0 Å². The number of nitrogens with zero attached hydrogens (tertiary/aromatic N) is 4. The average Bonchev–Trinajstić information content (AvgIpc) is 2.62. The first-order chi connectivity index (χ1) is 7.13. The highest BCUT2D eigenvalue weighted by atomic mass is 16.5. The molecule has 15 heavy (non-hydrogen) atoms. The van der Waals surface area contributed by atoms with Gasteiger partial charge in [0.2, 0.25) is 0 Å². The van der Waals surface area contributed by atoms with Crippen LogP contribution in [0.1, 0.15) is 11.5 Å². The second-order valence-electron chi connectivity index (χ2n) is 2.82. The maximum atomic E-state index is 10.4. The quantitative estimate of drug-likeness (QED) is 0.413. The molecule has 1 heterocycles. The largest absolute Gasteiger partial charge is 0.480 e. The van der Waals surface area contributed by atoms with E-state index < -0.39 is 12.0 Å². The lowest BCUT2D eigenvalue weighted by atomic mass is 10.1. The second-order valence-corrected chi connectivity index (χ2v) is 2.82. The minimum Gasteiger partial charge on any atom is -0.480 e. The number of carbonyl (C=O) groups is 1. The van der Waals surface area contributed by atoms with Crippen molar-refractivity contribution in [3.63, 3.8) is 0 Å². The minimum atomic E-state index is -1.10. The molecular weight excluding hydrogens is 202 g/mol. The summed E-state index contributed by atoms with van der Waals surface area (Å²) in [7, 11) is 0. The highest BCUT2D eigenvalue weighted by Crippen LogP contribution is 2.07. The van der Waals surface area contributed by atoms with Gasteiger partial charge in [0, 0.05) is 17.4 Å². The van der Waals surface area contributed by atoms with Gasteiger partial charge in [-0.25, -0.2) is 0 Å². The third-order valence-electron chi connectivity index (χ3n) is 1.64. The van der Waals surface area contributed by atoms with Gasteiger partial charge in [0.15, 0.2) is 0 Å². The Bertz CT molecular complexity index is 395. The normalized spacial score (nSPS) is 11.8. The first-order valence-corrected chi connectivity index (χ1v) is 4.07. The van der Waals surface area contributed by atoms with Crippen LogP contribution in [0, 0.1) is 0 Å². The standard InChI is InChI=1S/C7H9N5O3/c8-6(7(13)14)2-4-1-5(15-11-4)3-10-12-9/h1,6H,2-3,8H2,(H,13,14)/t6-/m0/s1. The third-order valence-corrected chi connectivity index (χ3v) is 1.64. The van der Waals surface area contributed by atoms with Crippen molar-refractivity contribution >= 4 is 5.97 Å². The van der Waals surface area contributed by atoms with E-state index in [2.05, 4.69) is 15.2 Å². The summed E-state index contributed by atoms with van der Waals surface area (Å²) in [5, 5.41) is 15.4. The number of hydrogen-bond acceptors (Lipinski definition) is 5. The fraction of sp³-hybridized carbons (Fsp3) is 0.429. The van der Waals surface area contributed by atoms with E-state index in [4.69, 9.17) is 20.9 Å². The molecule has 0 saturated heterocycles. The van der Waals surface area contributed by atoms with Crippen molar-refractivity contribution in [2.75, 3.05) is 0 Å². The van der Waals surface area contributed by atoms with Crippen LogP contribution in [0.15, 0.2) is 15.7 Å². The SMILES string of the molecule is [N-]=[N+]=NCc1cc(C[C@H](N)C(=O)O)no1. The summed E-state index contributed by atoms with van der Waals surface area (Å²) in [6.45, 7) is 0.0474. The van der Waals surface area contributed by atoms with Gasteiger partial charge in [-0.1, -0.05) is 10.3 Å². The monoisotopic (exact) mass is 211 g/mol. The molecule has 0 saturated carbocycles. The van der Waals surface area contributed by atoms with Crippen LogP contribution in [-0.4, -0.2) is 22.3 Å². The molecule has 1 aromatic rings. The van der Waals surface area contributed by atoms with Crippen LogP contribution in [0.2, 0.25) is 0 Å². The molecule has 1 rings (SSSR count). The molecule has 0 aliphatic heterocycles. The van der Waals surface area contributed by atoms with E-state index in [1.807, 2.05) is 0 Å². The highest BCUT2D eigenvalue weighted by molar-refractivity contribution is 5.73. The van der Waals surface area contributed by atoms with E-state index >= 15 is 0 Å². The van der Waals surface area contributed by atoms with Crippen molar-refractivity contribution in [2.24, 2.45) is 10.8 Å². The predicted molar refractivity (Wildman–Crippen MR) is 48.7 cm³/mol. The summed E-state index contributed by atoms with van der Waals surface area (Å²) >= 11 is 0. The van der Waals surface area contributed by atoms with Crippen LogP contribution in [0.4, 0.5) is 0 Å². The van der Waals surface area contributed by atoms with E-state index in [1.54, 1.807) is 0 Å². The summed E-state index contributed by atoms with van der Waals surface area (Å²) in [5.74, 6) is -0.727. The van der Waals surface area contributed by atoms with E-state index in [9.17, 15) is 4.79 Å². The molecule has 0 amide bonds. The summed E-state index contributed by atoms with van der Waals surface area (Å²) in [6, 6.07) is 0.500. The number of carboxylic acids is 1. The Morgan fingerprint density at radius 2 is 2.60 bits per heavy atom. The zero-order valence-electron chi connectivity index (χ0n) is 7.70. The molecule has 8 nitrogen and oxygen atoms in total. The molecule has 0 fully saturated rings. The summed E-state index contributed by atoms with van der Waals surface area (Å²) in [5.41, 5.74) is 13.8. The Balaban J connectivity index is 2.60. The molecule has 0 aliphatic rings. The minimum absolute atomic E-state index is 0.0474. The Hall–Kier alpha value is -2.05. The van der Waals surface area contributed by atoms with Gasteiger partial charge < -0.3 is 15.4 Å². The van der Waals surface area contributed by atoms with Gasteiger partial charge in [0.1, 0.15) is 11.8 Å². The molecule has 0 radical (unpaired) electrons. The van der Waals surface area contributed by atoms with Crippen molar-refractivity contribution in [1.29, 1.82) is 0 Å². The topological polar surface area (TPSA) is 138 Å². The third kappa shape index (κ3) is 3.29. The van der Waals surface area contributed by atoms with E-state index in [1.165, 1.54) is 6.07 Å². The number of carboxylic acid groups (broad SMARTS) is 1. The first-order valence-electron chi connectivity index (χ1n) is 4.07. The molecule has 0 spiro atoms. The Labute approximate surface area is 84.3 Å². The first kappa shape index (κ1) is 11.0. The van der Waals surface area contributed by atoms with Crippen LogP contribution in [-0.2, 0) is 17.8 Å². The lowest BCUT2D eigenvalue weighted by molar-refractivity contribution is -0.138. The Morgan fingerprint density at radius 3 is 3.20 bits per heavy atom. The molecule has 0 aliphatic carbocycles. The van der Waals surface area contributed by atoms with Crippen LogP contribution in [0.5, 0.6) is 0 Å². The summed E-state index contributed by atoms with van der Waals surface area (Å²) in [6.07, 6.45) is 0.0785. The van der Waals surface area contributed by atoms with Crippen molar-refractivity contribution in [1.82, 2.24) is 5.16 Å². The van der Waals surface area contributed by atoms with Crippen LogP contribution in [0.3, 0.4) is 0 Å². The van der Waals surface area contributed by atoms with Gasteiger partial charge in [-0.15, -0.1) is 0 Å². The second kappa shape index (κ2) is 4.99. The van der Waals surface area contributed by atoms with E-state index in [0.29, 0.717) is 11.5 Å². The molecule has 0 aromatic carbocycles. The van der Waals surface area contributed by atoms with Gasteiger partial charge in [-0.05, 0) is 5.53 Å². The fourth-order valence-corrected chi connectivity index (χ4v) is 0.940. The number of rotatable bonds is 5. The maximum Gasteiger partial charge on any atom is 0.320 e. The molecule has 0 bridgehead atoms. The Morgan fingerprint density at radius 1 is 1.87 bits per heavy atom. The average molecular weight is 211 g/mol. The predicted octanol–water partition coefficient (Wildman–Crippen LogP) is 0.439. The number of nitrogens with two attached hydrogens (primary N) is 1. The summed E-state index contributed by atoms with van der Waals surface area (Å²) in [4.78, 5) is 13.0. The molecule has 3 N–H and O–H groups in total. The molecule has 8 heteroatoms. The number of aromatic nitrogens is 1. The van der Waals surface area contributed by atoms with Gasteiger partial charge in [-0.3, -0.25) is 4.79 Å². The Kier molecular flexibility index (Phi) is 3.67. The number of aliphatic carboxylic acids is 1. The van der Waals surface area contributed by atoms with Crippen molar-refractivity contribution < 1.29 is 14.4 Å². The van der Waals surface area contributed by atoms with Gasteiger partial charge in [0.05, 0.1) is 12.2 Å². The molecule has 1 aromatic heterocycles. The van der Waals surface area contributed by atoms with E-state index in [-0.39, 0.29) is 13.0 Å². The van der Waals surface area contributed by atoms with Gasteiger partial charge in [-0.2, -0.15) is 0 Å². The van der Waals surface area contributed by atoms with Crippen molar-refractivity contribution in [3.8, 4) is 0 Å². The van der Waals surface area contributed by atoms with Crippen LogP contribution < -0.4 is 5.73 Å². The van der Waals surface area contributed by atoms with Crippen molar-refractivity contribution in [3.05, 3.63) is 28.0 Å². The van der Waals surface area contributed by atoms with Crippen molar-refractivity contribution in [2.45, 2.75) is 19.0 Å². The smallest absolute Gasteiger partial charge is 0.320 e. The maximum absolute atomic E-state index is 10.4. The highest BCUT2D eigenvalue weighted by Gasteiger charge is 2.14. The zero-order valence-corrected chi connectivity index (χ0v) is 7.70. The number of azide groups is 1.